The molecule has 0 aliphatic heterocycles. The van der Waals surface area contributed by atoms with Crippen molar-refractivity contribution in [1.29, 1.82) is 0 Å². The molecule has 3 aliphatic rings. The maximum atomic E-state index is 3.76. The Labute approximate surface area is 113 Å². The monoisotopic (exact) mass is 250 g/mol. The molecule has 0 aromatic rings. The lowest BCUT2D eigenvalue weighted by Gasteiger charge is -2.35. The Morgan fingerprint density at radius 2 is 1.50 bits per heavy atom. The summed E-state index contributed by atoms with van der Waals surface area (Å²) in [5.41, 5.74) is 0. The van der Waals surface area contributed by atoms with Crippen LogP contribution >= 0.6 is 0 Å². The van der Waals surface area contributed by atoms with Crippen LogP contribution in [0.5, 0.6) is 0 Å². The van der Waals surface area contributed by atoms with E-state index in [0.29, 0.717) is 0 Å². The van der Waals surface area contributed by atoms with Crippen LogP contribution in [-0.2, 0) is 0 Å². The van der Waals surface area contributed by atoms with Gasteiger partial charge in [0.05, 0.1) is 0 Å². The van der Waals surface area contributed by atoms with Gasteiger partial charge in [0.2, 0.25) is 0 Å². The van der Waals surface area contributed by atoms with Crippen molar-refractivity contribution in [3.05, 3.63) is 0 Å². The first-order valence-corrected chi connectivity index (χ1v) is 8.20. The Kier molecular flexibility index (Phi) is 3.95. The Balaban J connectivity index is 1.54. The molecule has 0 saturated heterocycles. The molecule has 0 aromatic carbocycles. The van der Waals surface area contributed by atoms with Crippen molar-refractivity contribution in [2.75, 3.05) is 19.6 Å². The van der Waals surface area contributed by atoms with Gasteiger partial charge in [-0.05, 0) is 56.3 Å². The topological polar surface area (TPSA) is 15.3 Å². The first kappa shape index (κ1) is 12.9. The molecule has 3 aliphatic carbocycles. The van der Waals surface area contributed by atoms with Crippen LogP contribution in [0.3, 0.4) is 0 Å². The van der Waals surface area contributed by atoms with Crippen molar-refractivity contribution in [3.8, 4) is 0 Å². The van der Waals surface area contributed by atoms with E-state index in [1.807, 2.05) is 0 Å². The molecule has 3 saturated carbocycles. The molecule has 3 fully saturated rings. The smallest absolute Gasteiger partial charge is 0.0243 e. The molecule has 0 aromatic heterocycles. The van der Waals surface area contributed by atoms with Crippen LogP contribution in [-0.4, -0.2) is 36.6 Å². The Morgan fingerprint density at radius 1 is 0.944 bits per heavy atom. The summed E-state index contributed by atoms with van der Waals surface area (Å²) in [6.07, 6.45) is 8.78. The number of rotatable bonds is 9. The van der Waals surface area contributed by atoms with E-state index in [9.17, 15) is 0 Å². The number of hydrogen-bond donors (Lipinski definition) is 1. The van der Waals surface area contributed by atoms with Gasteiger partial charge in [-0.2, -0.15) is 0 Å². The standard InChI is InChI=1S/C16H30N2/c1-12(2)16(9-17-15-7-8-15)18(10-13-3-4-13)11-14-5-6-14/h12-17H,3-11H2,1-2H3. The molecule has 18 heavy (non-hydrogen) atoms. The zero-order valence-electron chi connectivity index (χ0n) is 12.2. The second-order valence-corrected chi connectivity index (χ2v) is 7.33. The maximum Gasteiger partial charge on any atom is 0.0243 e. The molecule has 1 unspecified atom stereocenters. The van der Waals surface area contributed by atoms with Crippen molar-refractivity contribution in [1.82, 2.24) is 10.2 Å². The molecule has 0 spiro atoms. The van der Waals surface area contributed by atoms with Crippen LogP contribution < -0.4 is 5.32 Å². The summed E-state index contributed by atoms with van der Waals surface area (Å²) in [4.78, 5) is 2.84. The fourth-order valence-corrected chi connectivity index (χ4v) is 2.97. The van der Waals surface area contributed by atoms with E-state index < -0.39 is 0 Å². The molecule has 3 rings (SSSR count). The van der Waals surface area contributed by atoms with Gasteiger partial charge in [-0.1, -0.05) is 13.8 Å². The molecule has 1 N–H and O–H groups in total. The van der Waals surface area contributed by atoms with Crippen molar-refractivity contribution >= 4 is 0 Å². The fourth-order valence-electron chi connectivity index (χ4n) is 2.97. The SMILES string of the molecule is CC(C)C(CNC1CC1)N(CC1CC1)CC1CC1. The Bertz CT molecular complexity index is 250. The summed E-state index contributed by atoms with van der Waals surface area (Å²) in [5.74, 6) is 2.85. The lowest BCUT2D eigenvalue weighted by Crippen LogP contribution is -2.47. The third-order valence-electron chi connectivity index (χ3n) is 4.81. The lowest BCUT2D eigenvalue weighted by molar-refractivity contribution is 0.138. The van der Waals surface area contributed by atoms with Gasteiger partial charge in [-0.3, -0.25) is 4.90 Å². The highest BCUT2D eigenvalue weighted by Crippen LogP contribution is 2.35. The summed E-state index contributed by atoms with van der Waals surface area (Å²) in [5, 5.41) is 3.76. The minimum atomic E-state index is 0.770. The van der Waals surface area contributed by atoms with Gasteiger partial charge >= 0.3 is 0 Å². The third kappa shape index (κ3) is 3.96. The summed E-state index contributed by atoms with van der Waals surface area (Å²) in [6, 6.07) is 1.63. The zero-order chi connectivity index (χ0) is 12.5. The van der Waals surface area contributed by atoms with Gasteiger partial charge in [0.15, 0.2) is 0 Å². The van der Waals surface area contributed by atoms with E-state index in [2.05, 4.69) is 24.1 Å². The van der Waals surface area contributed by atoms with Crippen LogP contribution in [0.2, 0.25) is 0 Å². The second kappa shape index (κ2) is 5.50. The molecule has 0 radical (unpaired) electrons. The van der Waals surface area contributed by atoms with Gasteiger partial charge in [-0.15, -0.1) is 0 Å². The van der Waals surface area contributed by atoms with E-state index >= 15 is 0 Å². The highest BCUT2D eigenvalue weighted by molar-refractivity contribution is 4.90. The first-order chi connectivity index (χ1) is 8.72. The average molecular weight is 250 g/mol. The highest BCUT2D eigenvalue weighted by atomic mass is 15.2. The van der Waals surface area contributed by atoms with Crippen LogP contribution in [0.15, 0.2) is 0 Å². The van der Waals surface area contributed by atoms with E-state index in [1.165, 1.54) is 58.2 Å². The summed E-state index contributed by atoms with van der Waals surface area (Å²) in [7, 11) is 0. The van der Waals surface area contributed by atoms with E-state index in [1.54, 1.807) is 0 Å². The Hall–Kier alpha value is -0.0800. The van der Waals surface area contributed by atoms with Gasteiger partial charge in [0, 0.05) is 31.7 Å². The predicted octanol–water partition coefficient (Wildman–Crippen LogP) is 2.89. The van der Waals surface area contributed by atoms with Crippen LogP contribution in [0.1, 0.15) is 52.4 Å². The van der Waals surface area contributed by atoms with Crippen molar-refractivity contribution in [2.45, 2.75) is 64.5 Å². The molecule has 0 heterocycles. The number of nitrogens with zero attached hydrogens (tertiary/aromatic N) is 1. The highest BCUT2D eigenvalue weighted by Gasteiger charge is 2.34. The lowest BCUT2D eigenvalue weighted by atomic mass is 10.0. The summed E-state index contributed by atoms with van der Waals surface area (Å²) < 4.78 is 0. The largest absolute Gasteiger partial charge is 0.312 e. The number of hydrogen-bond acceptors (Lipinski definition) is 2. The van der Waals surface area contributed by atoms with E-state index in [0.717, 1.165) is 29.8 Å². The second-order valence-electron chi connectivity index (χ2n) is 7.33. The normalized spacial score (nSPS) is 26.0. The van der Waals surface area contributed by atoms with Crippen molar-refractivity contribution < 1.29 is 0 Å². The summed E-state index contributed by atoms with van der Waals surface area (Å²) in [6.45, 7) is 8.80. The molecule has 2 nitrogen and oxygen atoms in total. The van der Waals surface area contributed by atoms with Gasteiger partial charge in [0.25, 0.3) is 0 Å². The Morgan fingerprint density at radius 3 is 1.89 bits per heavy atom. The molecular formula is C16H30N2. The molecule has 0 amide bonds. The van der Waals surface area contributed by atoms with Crippen molar-refractivity contribution in [2.24, 2.45) is 17.8 Å². The van der Waals surface area contributed by atoms with Gasteiger partial charge in [0.1, 0.15) is 0 Å². The van der Waals surface area contributed by atoms with Crippen LogP contribution in [0.4, 0.5) is 0 Å². The molecule has 1 atom stereocenters. The first-order valence-electron chi connectivity index (χ1n) is 8.20. The quantitative estimate of drug-likeness (QED) is 0.677. The fraction of sp³-hybridized carbons (Fsp3) is 1.00. The van der Waals surface area contributed by atoms with Crippen LogP contribution in [0.25, 0.3) is 0 Å². The minimum Gasteiger partial charge on any atom is -0.312 e. The molecule has 0 bridgehead atoms. The van der Waals surface area contributed by atoms with Crippen molar-refractivity contribution in [3.63, 3.8) is 0 Å². The molecule has 2 heteroatoms. The minimum absolute atomic E-state index is 0.770. The molecule has 104 valence electrons. The average Bonchev–Trinajstić information content (AvgIpc) is 3.14. The van der Waals surface area contributed by atoms with E-state index in [4.69, 9.17) is 0 Å². The number of nitrogens with one attached hydrogen (secondary N) is 1. The maximum absolute atomic E-state index is 3.76. The predicted molar refractivity (Wildman–Crippen MR) is 76.7 cm³/mol. The van der Waals surface area contributed by atoms with E-state index in [-0.39, 0.29) is 0 Å². The third-order valence-corrected chi connectivity index (χ3v) is 4.81. The molecular weight excluding hydrogens is 220 g/mol. The van der Waals surface area contributed by atoms with Gasteiger partial charge in [-0.25, -0.2) is 0 Å². The zero-order valence-corrected chi connectivity index (χ0v) is 12.2. The summed E-state index contributed by atoms with van der Waals surface area (Å²) >= 11 is 0. The van der Waals surface area contributed by atoms with Crippen LogP contribution in [0, 0.1) is 17.8 Å². The van der Waals surface area contributed by atoms with Gasteiger partial charge < -0.3 is 5.32 Å².